The summed E-state index contributed by atoms with van der Waals surface area (Å²) in [7, 11) is 0. The molecule has 0 atom stereocenters. The van der Waals surface area contributed by atoms with Crippen LogP contribution in [-0.4, -0.2) is 50.9 Å². The Morgan fingerprint density at radius 2 is 2.12 bits per heavy atom. The second kappa shape index (κ2) is 7.37. The van der Waals surface area contributed by atoms with E-state index in [2.05, 4.69) is 46.1 Å². The first-order valence-corrected chi connectivity index (χ1v) is 9.77. The number of aryl methyl sites for hydroxylation is 1. The maximum atomic E-state index is 11.1. The summed E-state index contributed by atoms with van der Waals surface area (Å²) in [5.74, 6) is 0.0179. The van der Waals surface area contributed by atoms with Crippen molar-refractivity contribution in [2.24, 2.45) is 5.92 Å². The second-order valence-corrected chi connectivity index (χ2v) is 7.75. The Kier molecular flexibility index (Phi) is 4.96. The van der Waals surface area contributed by atoms with Gasteiger partial charge in [0.25, 0.3) is 0 Å². The normalized spacial score (nSPS) is 22.7. The van der Waals surface area contributed by atoms with Crippen LogP contribution in [0.1, 0.15) is 38.3 Å². The van der Waals surface area contributed by atoms with E-state index >= 15 is 0 Å². The lowest BCUT2D eigenvalue weighted by Gasteiger charge is -2.43. The Bertz CT molecular complexity index is 777. The fraction of sp³-hybridized carbons (Fsp3) is 0.600. The molecule has 2 aliphatic carbocycles. The molecule has 1 aromatic heterocycles. The number of carboxylic acids is 1. The van der Waals surface area contributed by atoms with Crippen molar-refractivity contribution in [2.75, 3.05) is 13.1 Å². The number of fused-ring (bicyclic) bond motifs is 1. The molecule has 4 rings (SSSR count). The molecule has 2 N–H and O–H groups in total. The number of nitrogens with zero attached hydrogens (tertiary/aromatic N) is 3. The van der Waals surface area contributed by atoms with Crippen LogP contribution in [0.5, 0.6) is 0 Å². The topological polar surface area (TPSA) is 70.4 Å². The molecule has 2 aromatic rings. The predicted octanol–water partition coefficient (Wildman–Crippen LogP) is 2.47. The molecule has 140 valence electrons. The van der Waals surface area contributed by atoms with E-state index < -0.39 is 5.97 Å². The third kappa shape index (κ3) is 3.76. The highest BCUT2D eigenvalue weighted by Crippen LogP contribution is 2.34. The average Bonchev–Trinajstić information content (AvgIpc) is 3.32. The van der Waals surface area contributed by atoms with Crippen molar-refractivity contribution in [1.29, 1.82) is 0 Å². The third-order valence-electron chi connectivity index (χ3n) is 5.75. The molecule has 0 unspecified atom stereocenters. The Morgan fingerprint density at radius 3 is 2.81 bits per heavy atom. The zero-order valence-corrected chi connectivity index (χ0v) is 15.4. The van der Waals surface area contributed by atoms with E-state index in [-0.39, 0.29) is 6.54 Å². The molecule has 26 heavy (non-hydrogen) atoms. The van der Waals surface area contributed by atoms with Crippen molar-refractivity contribution >= 4 is 16.9 Å². The number of aliphatic carboxylic acids is 1. The number of nitrogens with one attached hydrogen (secondary N) is 1. The summed E-state index contributed by atoms with van der Waals surface area (Å²) in [5.41, 5.74) is 2.29. The molecule has 6 heteroatoms. The van der Waals surface area contributed by atoms with Gasteiger partial charge in [-0.3, -0.25) is 14.4 Å². The van der Waals surface area contributed by atoms with Crippen LogP contribution < -0.4 is 5.32 Å². The van der Waals surface area contributed by atoms with Crippen LogP contribution in [-0.2, 0) is 17.9 Å². The zero-order valence-electron chi connectivity index (χ0n) is 15.4. The van der Waals surface area contributed by atoms with Crippen LogP contribution in [0.25, 0.3) is 10.9 Å². The largest absolute Gasteiger partial charge is 0.480 e. The van der Waals surface area contributed by atoms with Gasteiger partial charge in [-0.15, -0.1) is 0 Å². The van der Waals surface area contributed by atoms with Gasteiger partial charge in [-0.1, -0.05) is 18.2 Å². The lowest BCUT2D eigenvalue weighted by molar-refractivity contribution is -0.139. The Hall–Kier alpha value is -1.92. The third-order valence-corrected chi connectivity index (χ3v) is 5.75. The number of benzene rings is 1. The molecular weight excluding hydrogens is 328 g/mol. The fourth-order valence-electron chi connectivity index (χ4n) is 4.01. The number of hydrogen-bond donors (Lipinski definition) is 2. The summed E-state index contributed by atoms with van der Waals surface area (Å²) in [4.78, 5) is 13.3. The number of carbonyl (C=O) groups is 1. The van der Waals surface area contributed by atoms with Gasteiger partial charge in [0, 0.05) is 37.1 Å². The predicted molar refractivity (Wildman–Crippen MR) is 101 cm³/mol. The van der Waals surface area contributed by atoms with Gasteiger partial charge in [-0.2, -0.15) is 5.10 Å². The summed E-state index contributed by atoms with van der Waals surface area (Å²) in [6.45, 7) is 4.89. The number of aromatic nitrogens is 2. The molecule has 6 nitrogen and oxygen atoms in total. The van der Waals surface area contributed by atoms with E-state index in [9.17, 15) is 4.79 Å². The van der Waals surface area contributed by atoms with Crippen molar-refractivity contribution in [3.05, 3.63) is 30.0 Å². The summed E-state index contributed by atoms with van der Waals surface area (Å²) in [5, 5.41) is 18.8. The minimum atomic E-state index is -0.710. The van der Waals surface area contributed by atoms with E-state index in [0.29, 0.717) is 12.1 Å². The minimum Gasteiger partial charge on any atom is -0.480 e. The molecular formula is C20H28N4O2. The zero-order chi connectivity index (χ0) is 18.1. The molecule has 0 bridgehead atoms. The molecule has 2 aliphatic rings. The highest BCUT2D eigenvalue weighted by Gasteiger charge is 2.36. The molecule has 0 aliphatic heterocycles. The highest BCUT2D eigenvalue weighted by atomic mass is 16.4. The average molecular weight is 356 g/mol. The second-order valence-electron chi connectivity index (χ2n) is 7.75. The van der Waals surface area contributed by atoms with Crippen molar-refractivity contribution in [3.63, 3.8) is 0 Å². The Balaban J connectivity index is 1.32. The maximum absolute atomic E-state index is 11.1. The molecule has 2 saturated carbocycles. The monoisotopic (exact) mass is 356 g/mol. The van der Waals surface area contributed by atoms with Gasteiger partial charge in [-0.05, 0) is 44.6 Å². The lowest BCUT2D eigenvalue weighted by atomic mass is 9.85. The Morgan fingerprint density at radius 1 is 1.35 bits per heavy atom. The summed E-state index contributed by atoms with van der Waals surface area (Å²) >= 11 is 0. The van der Waals surface area contributed by atoms with E-state index in [4.69, 9.17) is 10.2 Å². The first-order chi connectivity index (χ1) is 12.6. The van der Waals surface area contributed by atoms with Crippen molar-refractivity contribution < 1.29 is 9.90 Å². The van der Waals surface area contributed by atoms with Gasteiger partial charge in [0.05, 0.1) is 17.8 Å². The molecule has 0 spiro atoms. The summed E-state index contributed by atoms with van der Waals surface area (Å²) < 4.78 is 2.06. The number of para-hydroxylation sites is 1. The van der Waals surface area contributed by atoms with Crippen LogP contribution >= 0.6 is 0 Å². The quantitative estimate of drug-likeness (QED) is 0.722. The number of carboxylic acid groups (broad SMARTS) is 1. The van der Waals surface area contributed by atoms with Gasteiger partial charge in [0.15, 0.2) is 0 Å². The molecule has 0 saturated heterocycles. The van der Waals surface area contributed by atoms with Crippen molar-refractivity contribution in [1.82, 2.24) is 20.0 Å². The fourth-order valence-corrected chi connectivity index (χ4v) is 4.01. The van der Waals surface area contributed by atoms with Crippen LogP contribution in [0.3, 0.4) is 0 Å². The van der Waals surface area contributed by atoms with Crippen molar-refractivity contribution in [2.45, 2.75) is 57.8 Å². The van der Waals surface area contributed by atoms with Crippen molar-refractivity contribution in [3.8, 4) is 0 Å². The summed E-state index contributed by atoms with van der Waals surface area (Å²) in [6, 6.07) is 9.25. The van der Waals surface area contributed by atoms with Gasteiger partial charge in [0.1, 0.15) is 0 Å². The van der Waals surface area contributed by atoms with Crippen LogP contribution in [0, 0.1) is 5.92 Å². The molecule has 1 aromatic carbocycles. The standard InChI is InChI=1S/C20H28N4O2/c1-2-24-19-6-4-3-5-17(19)18(22-24)11-21-15-9-16(10-15)23(13-20(25)26)12-14-7-8-14/h3-6,14-16,21H,2,7-13H2,1H3,(H,25,26). The maximum Gasteiger partial charge on any atom is 0.317 e. The Labute approximate surface area is 154 Å². The smallest absolute Gasteiger partial charge is 0.317 e. The first-order valence-electron chi connectivity index (χ1n) is 9.77. The highest BCUT2D eigenvalue weighted by molar-refractivity contribution is 5.81. The number of hydrogen-bond acceptors (Lipinski definition) is 4. The van der Waals surface area contributed by atoms with Crippen LogP contribution in [0.4, 0.5) is 0 Å². The van der Waals surface area contributed by atoms with Gasteiger partial charge in [-0.25, -0.2) is 0 Å². The van der Waals surface area contributed by atoms with Gasteiger partial charge >= 0.3 is 5.97 Å². The van der Waals surface area contributed by atoms with Crippen LogP contribution in [0.2, 0.25) is 0 Å². The van der Waals surface area contributed by atoms with Gasteiger partial charge < -0.3 is 10.4 Å². The lowest BCUT2D eigenvalue weighted by Crippen LogP contribution is -2.54. The van der Waals surface area contributed by atoms with Crippen LogP contribution in [0.15, 0.2) is 24.3 Å². The minimum absolute atomic E-state index is 0.180. The SMILES string of the molecule is CCn1nc(CNC2CC(N(CC(=O)O)CC3CC3)C2)c2ccccc21. The van der Waals surface area contributed by atoms with Gasteiger partial charge in [0.2, 0.25) is 0 Å². The molecule has 0 radical (unpaired) electrons. The molecule has 2 fully saturated rings. The number of rotatable bonds is 9. The van der Waals surface area contributed by atoms with E-state index in [1.54, 1.807) is 0 Å². The molecule has 0 amide bonds. The molecule has 1 heterocycles. The van der Waals surface area contributed by atoms with E-state index in [1.807, 2.05) is 0 Å². The first kappa shape index (κ1) is 17.5. The summed E-state index contributed by atoms with van der Waals surface area (Å²) in [6.07, 6.45) is 4.59. The van der Waals surface area contributed by atoms with E-state index in [0.717, 1.165) is 44.1 Å². The van der Waals surface area contributed by atoms with E-state index in [1.165, 1.54) is 23.7 Å².